The zero-order valence-corrected chi connectivity index (χ0v) is 18.7. The van der Waals surface area contributed by atoms with Crippen LogP contribution in [0.4, 0.5) is 0 Å². The number of hydrogen-bond donors (Lipinski definition) is 0. The summed E-state index contributed by atoms with van der Waals surface area (Å²) < 4.78 is 2.21. The van der Waals surface area contributed by atoms with E-state index in [4.69, 9.17) is 11.6 Å². The topological polar surface area (TPSA) is 51.0 Å². The van der Waals surface area contributed by atoms with Gasteiger partial charge in [-0.25, -0.2) is 0 Å². The van der Waals surface area contributed by atoms with Crippen LogP contribution in [-0.4, -0.2) is 39.7 Å². The Balaban J connectivity index is 1.78. The highest BCUT2D eigenvalue weighted by molar-refractivity contribution is 8.00. The first kappa shape index (κ1) is 20.9. The number of carbonyl (C=O) groups is 1. The molecule has 3 aromatic rings. The van der Waals surface area contributed by atoms with E-state index in [1.54, 1.807) is 19.0 Å². The van der Waals surface area contributed by atoms with Crippen molar-refractivity contribution in [3.63, 3.8) is 0 Å². The first-order valence-corrected chi connectivity index (χ1v) is 11.4. The smallest absolute Gasteiger partial charge is 0.240 e. The molecule has 30 heavy (non-hydrogen) atoms. The van der Waals surface area contributed by atoms with Crippen LogP contribution in [0.1, 0.15) is 42.5 Å². The van der Waals surface area contributed by atoms with E-state index in [0.717, 1.165) is 34.9 Å². The van der Waals surface area contributed by atoms with E-state index in [2.05, 4.69) is 14.8 Å². The van der Waals surface area contributed by atoms with E-state index in [9.17, 15) is 4.79 Å². The molecule has 0 saturated heterocycles. The first-order valence-electron chi connectivity index (χ1n) is 10.2. The van der Waals surface area contributed by atoms with Gasteiger partial charge in [-0.1, -0.05) is 78.7 Å². The number of carbonyl (C=O) groups excluding carboxylic acids is 1. The summed E-state index contributed by atoms with van der Waals surface area (Å²) in [6.07, 6.45) is 4.54. The monoisotopic (exact) mass is 440 g/mol. The quantitative estimate of drug-likeness (QED) is 0.466. The van der Waals surface area contributed by atoms with Crippen LogP contribution >= 0.6 is 23.4 Å². The molecule has 2 aromatic carbocycles. The Hall–Kier alpha value is -2.31. The molecule has 0 radical (unpaired) electrons. The van der Waals surface area contributed by atoms with Crippen molar-refractivity contribution < 1.29 is 4.79 Å². The molecule has 1 aliphatic carbocycles. The lowest BCUT2D eigenvalue weighted by Crippen LogP contribution is -2.27. The molecule has 0 bridgehead atoms. The largest absolute Gasteiger partial charge is 0.348 e. The van der Waals surface area contributed by atoms with Gasteiger partial charge in [-0.15, -0.1) is 10.2 Å². The fourth-order valence-electron chi connectivity index (χ4n) is 3.90. The molecule has 1 saturated carbocycles. The maximum Gasteiger partial charge on any atom is 0.240 e. The minimum Gasteiger partial charge on any atom is -0.348 e. The number of thioether (sulfide) groups is 1. The molecular weight excluding hydrogens is 416 g/mol. The number of nitrogens with zero attached hydrogens (tertiary/aromatic N) is 4. The molecule has 1 fully saturated rings. The summed E-state index contributed by atoms with van der Waals surface area (Å²) in [6.45, 7) is 0. The average Bonchev–Trinajstić information content (AvgIpc) is 3.42. The second-order valence-electron chi connectivity index (χ2n) is 7.74. The molecule has 1 aliphatic rings. The lowest BCUT2D eigenvalue weighted by Gasteiger charge is -2.22. The van der Waals surface area contributed by atoms with Crippen LogP contribution in [-0.2, 0) is 4.79 Å². The number of hydrogen-bond acceptors (Lipinski definition) is 4. The molecule has 0 aliphatic heterocycles. The summed E-state index contributed by atoms with van der Waals surface area (Å²) in [5, 5.41) is 10.1. The van der Waals surface area contributed by atoms with Gasteiger partial charge in [-0.05, 0) is 30.5 Å². The second-order valence-corrected chi connectivity index (χ2v) is 9.22. The third-order valence-electron chi connectivity index (χ3n) is 5.46. The summed E-state index contributed by atoms with van der Waals surface area (Å²) in [5.74, 6) is 0.811. The number of amides is 1. The standard InChI is InChI=1S/C23H25ClN4OS/c1-27(2)22(29)20(16-10-4-3-5-11-16)30-23-26-25-21(18-14-8-9-15-19(18)24)28(23)17-12-6-7-13-17/h3-5,8-11,14-15,17,20H,6-7,12-13H2,1-2H3/t20-/m1/s1. The summed E-state index contributed by atoms with van der Waals surface area (Å²) in [6, 6.07) is 17.9. The Morgan fingerprint density at radius 2 is 1.73 bits per heavy atom. The van der Waals surface area contributed by atoms with Crippen molar-refractivity contribution in [2.75, 3.05) is 14.1 Å². The molecule has 4 rings (SSSR count). The van der Waals surface area contributed by atoms with Gasteiger partial charge >= 0.3 is 0 Å². The van der Waals surface area contributed by atoms with Gasteiger partial charge in [0.2, 0.25) is 5.91 Å². The number of aromatic nitrogens is 3. The van der Waals surface area contributed by atoms with Crippen molar-refractivity contribution in [1.29, 1.82) is 0 Å². The van der Waals surface area contributed by atoms with Crippen molar-refractivity contribution in [3.8, 4) is 11.4 Å². The summed E-state index contributed by atoms with van der Waals surface area (Å²) in [5.41, 5.74) is 1.84. The molecule has 1 aromatic heterocycles. The van der Waals surface area contributed by atoms with Gasteiger partial charge in [0.15, 0.2) is 11.0 Å². The SMILES string of the molecule is CN(C)C(=O)[C@H](Sc1nnc(-c2ccccc2Cl)n1C1CCCC1)c1ccccc1. The van der Waals surface area contributed by atoms with Gasteiger partial charge in [0.25, 0.3) is 0 Å². The van der Waals surface area contributed by atoms with Gasteiger partial charge in [-0.2, -0.15) is 0 Å². The highest BCUT2D eigenvalue weighted by Crippen LogP contribution is 2.42. The summed E-state index contributed by atoms with van der Waals surface area (Å²) >= 11 is 7.96. The predicted octanol–water partition coefficient (Wildman–Crippen LogP) is 5.64. The highest BCUT2D eigenvalue weighted by atomic mass is 35.5. The van der Waals surface area contributed by atoms with Crippen LogP contribution in [0.5, 0.6) is 0 Å². The van der Waals surface area contributed by atoms with Gasteiger partial charge in [-0.3, -0.25) is 9.36 Å². The summed E-state index contributed by atoms with van der Waals surface area (Å²) in [4.78, 5) is 14.7. The minimum absolute atomic E-state index is 0.0338. The van der Waals surface area contributed by atoms with Gasteiger partial charge in [0.05, 0.1) is 5.02 Å². The molecule has 0 unspecified atom stereocenters. The van der Waals surface area contributed by atoms with Gasteiger partial charge in [0.1, 0.15) is 5.25 Å². The van der Waals surface area contributed by atoms with E-state index in [1.807, 2.05) is 54.6 Å². The normalized spacial score (nSPS) is 15.3. The molecule has 5 nitrogen and oxygen atoms in total. The van der Waals surface area contributed by atoms with Crippen molar-refractivity contribution >= 4 is 29.3 Å². The van der Waals surface area contributed by atoms with Crippen LogP contribution < -0.4 is 0 Å². The second kappa shape index (κ2) is 9.23. The Morgan fingerprint density at radius 3 is 2.40 bits per heavy atom. The fraction of sp³-hybridized carbons (Fsp3) is 0.348. The molecule has 0 spiro atoms. The Labute approximate surface area is 186 Å². The van der Waals surface area contributed by atoms with Crippen LogP contribution in [0.25, 0.3) is 11.4 Å². The number of halogens is 1. The van der Waals surface area contributed by atoms with Crippen molar-refractivity contribution in [1.82, 2.24) is 19.7 Å². The zero-order valence-electron chi connectivity index (χ0n) is 17.2. The van der Waals surface area contributed by atoms with Crippen LogP contribution in [0.2, 0.25) is 5.02 Å². The third-order valence-corrected chi connectivity index (χ3v) is 6.99. The zero-order chi connectivity index (χ0) is 21.1. The molecule has 1 amide bonds. The number of rotatable bonds is 6. The van der Waals surface area contributed by atoms with E-state index in [1.165, 1.54) is 24.6 Å². The van der Waals surface area contributed by atoms with E-state index < -0.39 is 0 Å². The van der Waals surface area contributed by atoms with Crippen molar-refractivity contribution in [3.05, 3.63) is 65.2 Å². The lowest BCUT2D eigenvalue weighted by atomic mass is 10.1. The molecule has 1 atom stereocenters. The van der Waals surface area contributed by atoms with Crippen LogP contribution in [0.3, 0.4) is 0 Å². The maximum absolute atomic E-state index is 13.0. The van der Waals surface area contributed by atoms with Crippen LogP contribution in [0, 0.1) is 0 Å². The number of benzene rings is 2. The van der Waals surface area contributed by atoms with Gasteiger partial charge in [0, 0.05) is 25.7 Å². The van der Waals surface area contributed by atoms with E-state index in [0.29, 0.717) is 11.1 Å². The average molecular weight is 441 g/mol. The highest BCUT2D eigenvalue weighted by Gasteiger charge is 2.30. The molecule has 156 valence electrons. The van der Waals surface area contributed by atoms with E-state index >= 15 is 0 Å². The fourth-order valence-corrected chi connectivity index (χ4v) is 5.38. The molecule has 0 N–H and O–H groups in total. The lowest BCUT2D eigenvalue weighted by molar-refractivity contribution is -0.128. The van der Waals surface area contributed by atoms with E-state index in [-0.39, 0.29) is 11.2 Å². The minimum atomic E-state index is -0.385. The molecule has 1 heterocycles. The van der Waals surface area contributed by atoms with Crippen molar-refractivity contribution in [2.45, 2.75) is 42.1 Å². The third kappa shape index (κ3) is 4.25. The van der Waals surface area contributed by atoms with Crippen LogP contribution in [0.15, 0.2) is 59.8 Å². The Morgan fingerprint density at radius 1 is 1.07 bits per heavy atom. The first-order chi connectivity index (χ1) is 14.6. The van der Waals surface area contributed by atoms with Gasteiger partial charge < -0.3 is 4.90 Å². The number of likely N-dealkylation sites (N-methyl/N-ethyl adjacent to an activating group) is 1. The Kier molecular flexibility index (Phi) is 6.44. The Bertz CT molecular complexity index is 1020. The van der Waals surface area contributed by atoms with Crippen molar-refractivity contribution in [2.24, 2.45) is 0 Å². The molecule has 7 heteroatoms. The molecular formula is C23H25ClN4OS. The predicted molar refractivity (Wildman–Crippen MR) is 122 cm³/mol. The summed E-state index contributed by atoms with van der Waals surface area (Å²) in [7, 11) is 3.57. The maximum atomic E-state index is 13.0.